The molecule has 0 fully saturated rings. The van der Waals surface area contributed by atoms with E-state index in [0.717, 1.165) is 0 Å². The fourth-order valence-electron chi connectivity index (χ4n) is 1.43. The van der Waals surface area contributed by atoms with Crippen LogP contribution in [0, 0.1) is 6.92 Å². The summed E-state index contributed by atoms with van der Waals surface area (Å²) in [6.07, 6.45) is 0. The van der Waals surface area contributed by atoms with E-state index in [2.05, 4.69) is 48.9 Å². The van der Waals surface area contributed by atoms with Gasteiger partial charge in [0.25, 0.3) is 0 Å². The second kappa shape index (κ2) is 4.54. The lowest BCUT2D eigenvalue weighted by Crippen LogP contribution is -1.88. The topological polar surface area (TPSA) is 4.93 Å². The van der Waals surface area contributed by atoms with E-state index < -0.39 is 0 Å². The number of rotatable bonds is 0. The fraction of sp³-hybridized carbons (Fsp3) is 0.200. The van der Waals surface area contributed by atoms with Gasteiger partial charge in [0.1, 0.15) is 0 Å². The highest BCUT2D eigenvalue weighted by Crippen LogP contribution is 2.16. The third-order valence-electron chi connectivity index (χ3n) is 2.19. The number of hydrogen-bond acceptors (Lipinski definition) is 0. The normalized spacial score (nSPS) is 9.08. The van der Waals surface area contributed by atoms with Crippen molar-refractivity contribution in [1.82, 2.24) is 4.57 Å². The van der Waals surface area contributed by atoms with Gasteiger partial charge in [-0.2, -0.15) is 0 Å². The molecule has 13 heavy (non-hydrogen) atoms. The molecule has 0 N–H and O–H groups in total. The minimum atomic E-state index is 0. The average Bonchev–Trinajstić information content (AvgIpc) is 2.30. The predicted molar refractivity (Wildman–Crippen MR) is 62.2 cm³/mol. The van der Waals surface area contributed by atoms with Crippen molar-refractivity contribution in [2.75, 3.05) is 0 Å². The number of nitrogens with zero attached hydrogens (tertiary/aromatic N) is 1. The highest BCUT2D eigenvalue weighted by molar-refractivity contribution is 5.85. The molecular formula is C10H13Cl2N. The third kappa shape index (κ3) is 1.98. The van der Waals surface area contributed by atoms with Gasteiger partial charge in [0, 0.05) is 18.3 Å². The molecule has 0 atom stereocenters. The lowest BCUT2D eigenvalue weighted by molar-refractivity contribution is 0.918. The van der Waals surface area contributed by atoms with E-state index in [1.165, 1.54) is 16.6 Å². The average molecular weight is 218 g/mol. The third-order valence-corrected chi connectivity index (χ3v) is 2.19. The number of fused-ring (bicyclic) bond motifs is 1. The van der Waals surface area contributed by atoms with Gasteiger partial charge < -0.3 is 4.57 Å². The molecule has 3 heteroatoms. The first-order valence-electron chi connectivity index (χ1n) is 3.80. The lowest BCUT2D eigenvalue weighted by atomic mass is 10.2. The van der Waals surface area contributed by atoms with Gasteiger partial charge in [0.05, 0.1) is 0 Å². The maximum Gasteiger partial charge on any atom is 0.0479 e. The van der Waals surface area contributed by atoms with Crippen LogP contribution in [0.1, 0.15) is 5.69 Å². The number of para-hydroxylation sites is 1. The first-order valence-corrected chi connectivity index (χ1v) is 3.80. The molecule has 72 valence electrons. The molecule has 0 amide bonds. The second-order valence-electron chi connectivity index (χ2n) is 2.90. The number of hydrogen-bond donors (Lipinski definition) is 0. The van der Waals surface area contributed by atoms with Crippen LogP contribution >= 0.6 is 24.8 Å². The molecule has 0 saturated heterocycles. The van der Waals surface area contributed by atoms with Gasteiger partial charge >= 0.3 is 0 Å². The minimum absolute atomic E-state index is 0. The molecular weight excluding hydrogens is 205 g/mol. The Bertz CT molecular complexity index is 393. The van der Waals surface area contributed by atoms with Crippen LogP contribution in [0.25, 0.3) is 10.9 Å². The Morgan fingerprint density at radius 2 is 1.69 bits per heavy atom. The first kappa shape index (κ1) is 12.3. The van der Waals surface area contributed by atoms with E-state index in [0.29, 0.717) is 0 Å². The Morgan fingerprint density at radius 3 is 2.31 bits per heavy atom. The molecule has 0 saturated carbocycles. The molecule has 1 heterocycles. The fourth-order valence-corrected chi connectivity index (χ4v) is 1.43. The number of benzene rings is 1. The Labute approximate surface area is 90.6 Å². The molecule has 0 aliphatic heterocycles. The molecule has 0 aliphatic carbocycles. The summed E-state index contributed by atoms with van der Waals surface area (Å²) in [6, 6.07) is 10.6. The van der Waals surface area contributed by atoms with Crippen LogP contribution in [0.15, 0.2) is 30.3 Å². The van der Waals surface area contributed by atoms with Crippen molar-refractivity contribution in [1.29, 1.82) is 0 Å². The standard InChI is InChI=1S/C10H11N.2ClH/c1-8-7-9-5-3-4-6-10(9)11(8)2;;/h3-7H,1-2H3;2*1H. The van der Waals surface area contributed by atoms with Crippen molar-refractivity contribution >= 4 is 35.7 Å². The van der Waals surface area contributed by atoms with Gasteiger partial charge in [0.2, 0.25) is 0 Å². The molecule has 2 rings (SSSR count). The van der Waals surface area contributed by atoms with Crippen LogP contribution in [0.2, 0.25) is 0 Å². The molecule has 2 aromatic rings. The maximum absolute atomic E-state index is 2.20. The Kier molecular flexibility index (Phi) is 4.31. The quantitative estimate of drug-likeness (QED) is 0.639. The molecule has 0 bridgehead atoms. The maximum atomic E-state index is 2.20. The van der Waals surface area contributed by atoms with Crippen molar-refractivity contribution in [3.05, 3.63) is 36.0 Å². The van der Waals surface area contributed by atoms with E-state index in [1.54, 1.807) is 0 Å². The Morgan fingerprint density at radius 1 is 1.08 bits per heavy atom. The van der Waals surface area contributed by atoms with Crippen LogP contribution in [0.5, 0.6) is 0 Å². The molecule has 0 aliphatic rings. The van der Waals surface area contributed by atoms with Crippen LogP contribution in [-0.2, 0) is 7.05 Å². The van der Waals surface area contributed by atoms with Gasteiger partial charge in [-0.05, 0) is 24.4 Å². The van der Waals surface area contributed by atoms with Gasteiger partial charge in [-0.1, -0.05) is 18.2 Å². The van der Waals surface area contributed by atoms with Gasteiger partial charge in [-0.15, -0.1) is 24.8 Å². The van der Waals surface area contributed by atoms with Gasteiger partial charge in [-0.25, -0.2) is 0 Å². The summed E-state index contributed by atoms with van der Waals surface area (Å²) < 4.78 is 2.20. The van der Waals surface area contributed by atoms with E-state index in [9.17, 15) is 0 Å². The summed E-state index contributed by atoms with van der Waals surface area (Å²) in [5.41, 5.74) is 2.62. The SMILES string of the molecule is Cc1cc2ccccc2n1C.Cl.Cl. The molecule has 0 unspecified atom stereocenters. The van der Waals surface area contributed by atoms with Crippen molar-refractivity contribution in [2.24, 2.45) is 7.05 Å². The van der Waals surface area contributed by atoms with E-state index >= 15 is 0 Å². The first-order chi connectivity index (χ1) is 5.29. The molecule has 1 aromatic heterocycles. The lowest BCUT2D eigenvalue weighted by Gasteiger charge is -1.96. The zero-order valence-electron chi connectivity index (χ0n) is 7.65. The summed E-state index contributed by atoms with van der Waals surface area (Å²) in [4.78, 5) is 0. The highest BCUT2D eigenvalue weighted by atomic mass is 35.5. The monoisotopic (exact) mass is 217 g/mol. The van der Waals surface area contributed by atoms with Crippen LogP contribution in [0.4, 0.5) is 0 Å². The smallest absolute Gasteiger partial charge is 0.0479 e. The molecule has 1 nitrogen and oxygen atoms in total. The number of halogens is 2. The van der Waals surface area contributed by atoms with Crippen molar-refractivity contribution < 1.29 is 0 Å². The van der Waals surface area contributed by atoms with Crippen molar-refractivity contribution in [3.63, 3.8) is 0 Å². The van der Waals surface area contributed by atoms with Gasteiger partial charge in [-0.3, -0.25) is 0 Å². The predicted octanol–water partition coefficient (Wildman–Crippen LogP) is 3.33. The van der Waals surface area contributed by atoms with Crippen LogP contribution in [-0.4, -0.2) is 4.57 Å². The Hall–Kier alpha value is -0.660. The number of aromatic nitrogens is 1. The zero-order valence-corrected chi connectivity index (χ0v) is 9.28. The van der Waals surface area contributed by atoms with Crippen LogP contribution in [0.3, 0.4) is 0 Å². The van der Waals surface area contributed by atoms with E-state index in [-0.39, 0.29) is 24.8 Å². The van der Waals surface area contributed by atoms with Crippen molar-refractivity contribution in [3.8, 4) is 0 Å². The van der Waals surface area contributed by atoms with Crippen LogP contribution < -0.4 is 0 Å². The van der Waals surface area contributed by atoms with E-state index in [4.69, 9.17) is 0 Å². The van der Waals surface area contributed by atoms with E-state index in [1.807, 2.05) is 0 Å². The summed E-state index contributed by atoms with van der Waals surface area (Å²) in [6.45, 7) is 2.12. The number of aryl methyl sites for hydroxylation is 2. The van der Waals surface area contributed by atoms with Crippen molar-refractivity contribution in [2.45, 2.75) is 6.92 Å². The minimum Gasteiger partial charge on any atom is -0.348 e. The summed E-state index contributed by atoms with van der Waals surface area (Å²) >= 11 is 0. The molecule has 0 spiro atoms. The largest absolute Gasteiger partial charge is 0.348 e. The zero-order chi connectivity index (χ0) is 7.84. The highest BCUT2D eigenvalue weighted by Gasteiger charge is 1.98. The molecule has 0 radical (unpaired) electrons. The van der Waals surface area contributed by atoms with Gasteiger partial charge in [0.15, 0.2) is 0 Å². The molecule has 1 aromatic carbocycles. The summed E-state index contributed by atoms with van der Waals surface area (Å²) in [5, 5.41) is 1.33. The second-order valence-corrected chi connectivity index (χ2v) is 2.90. The summed E-state index contributed by atoms with van der Waals surface area (Å²) in [5.74, 6) is 0. The summed E-state index contributed by atoms with van der Waals surface area (Å²) in [7, 11) is 2.09. The Balaban J connectivity index is 0.000000720.